The van der Waals surface area contributed by atoms with Crippen LogP contribution in [0.3, 0.4) is 0 Å². The molecule has 4 N–H and O–H groups in total. The van der Waals surface area contributed by atoms with Crippen molar-refractivity contribution < 1.29 is 19.1 Å². The number of benzene rings is 2. The van der Waals surface area contributed by atoms with Gasteiger partial charge in [-0.1, -0.05) is 37.1 Å². The SMILES string of the molecule is CCCC(Oc1cccc(C(=N)N)c1)C(=O)Nc1ccc(N2C(=O)CCC2=O)c(Cl)c1. The maximum Gasteiger partial charge on any atom is 0.265 e. The first-order valence-corrected chi connectivity index (χ1v) is 10.2. The van der Waals surface area contributed by atoms with Gasteiger partial charge in [-0.25, -0.2) is 4.90 Å². The fourth-order valence-corrected chi connectivity index (χ4v) is 3.51. The molecular formula is C22H23ClN4O4. The first-order chi connectivity index (χ1) is 14.8. The van der Waals surface area contributed by atoms with Gasteiger partial charge in [0, 0.05) is 24.1 Å². The smallest absolute Gasteiger partial charge is 0.265 e. The van der Waals surface area contributed by atoms with Gasteiger partial charge in [0.05, 0.1) is 10.7 Å². The topological polar surface area (TPSA) is 126 Å². The fourth-order valence-electron chi connectivity index (χ4n) is 3.24. The molecule has 2 aromatic carbocycles. The number of nitrogens with zero attached hydrogens (tertiary/aromatic N) is 1. The Morgan fingerprint density at radius 2 is 1.94 bits per heavy atom. The van der Waals surface area contributed by atoms with E-state index in [2.05, 4.69) is 5.32 Å². The Kier molecular flexibility index (Phi) is 6.91. The van der Waals surface area contributed by atoms with Crippen LogP contribution in [-0.2, 0) is 14.4 Å². The van der Waals surface area contributed by atoms with Gasteiger partial charge in [0.15, 0.2) is 6.10 Å². The molecule has 31 heavy (non-hydrogen) atoms. The molecule has 1 aliphatic heterocycles. The Balaban J connectivity index is 1.74. The third-order valence-electron chi connectivity index (χ3n) is 4.77. The van der Waals surface area contributed by atoms with Crippen LogP contribution in [0.1, 0.15) is 38.2 Å². The van der Waals surface area contributed by atoms with Crippen molar-refractivity contribution in [2.24, 2.45) is 5.73 Å². The average molecular weight is 443 g/mol. The van der Waals surface area contributed by atoms with Crippen LogP contribution in [0.15, 0.2) is 42.5 Å². The molecule has 3 rings (SSSR count). The lowest BCUT2D eigenvalue weighted by atomic mass is 10.1. The van der Waals surface area contributed by atoms with Crippen molar-refractivity contribution in [1.82, 2.24) is 0 Å². The number of carbonyl (C=O) groups excluding carboxylic acids is 3. The van der Waals surface area contributed by atoms with Gasteiger partial charge in [-0.05, 0) is 36.8 Å². The second-order valence-electron chi connectivity index (χ2n) is 7.12. The average Bonchev–Trinajstić information content (AvgIpc) is 3.06. The number of amidine groups is 1. The number of nitrogens with two attached hydrogens (primary N) is 1. The maximum atomic E-state index is 12.8. The minimum atomic E-state index is -0.771. The van der Waals surface area contributed by atoms with Gasteiger partial charge < -0.3 is 15.8 Å². The molecule has 0 aromatic heterocycles. The summed E-state index contributed by atoms with van der Waals surface area (Å²) in [6.07, 6.45) is 0.734. The van der Waals surface area contributed by atoms with Crippen LogP contribution in [-0.4, -0.2) is 29.7 Å². The predicted molar refractivity (Wildman–Crippen MR) is 119 cm³/mol. The molecule has 1 saturated heterocycles. The van der Waals surface area contributed by atoms with E-state index in [0.717, 1.165) is 4.90 Å². The van der Waals surface area contributed by atoms with Crippen molar-refractivity contribution in [3.05, 3.63) is 53.1 Å². The zero-order chi connectivity index (χ0) is 22.5. The molecule has 0 radical (unpaired) electrons. The van der Waals surface area contributed by atoms with Crippen LogP contribution in [0.2, 0.25) is 5.02 Å². The highest BCUT2D eigenvalue weighted by Gasteiger charge is 2.31. The van der Waals surface area contributed by atoms with Gasteiger partial charge in [-0.3, -0.25) is 19.8 Å². The summed E-state index contributed by atoms with van der Waals surface area (Å²) in [7, 11) is 0. The van der Waals surface area contributed by atoms with E-state index in [0.29, 0.717) is 35.5 Å². The molecule has 3 amide bonds. The Labute approximate surface area is 184 Å². The molecule has 0 saturated carbocycles. The van der Waals surface area contributed by atoms with E-state index in [-0.39, 0.29) is 41.4 Å². The molecule has 1 fully saturated rings. The highest BCUT2D eigenvalue weighted by Crippen LogP contribution is 2.32. The summed E-state index contributed by atoms with van der Waals surface area (Å²) in [5.74, 6) is -0.625. The van der Waals surface area contributed by atoms with E-state index >= 15 is 0 Å². The van der Waals surface area contributed by atoms with Crippen LogP contribution < -0.4 is 20.7 Å². The van der Waals surface area contributed by atoms with Crippen molar-refractivity contribution in [2.75, 3.05) is 10.2 Å². The van der Waals surface area contributed by atoms with Crippen LogP contribution in [0, 0.1) is 5.41 Å². The van der Waals surface area contributed by atoms with Gasteiger partial charge in [0.1, 0.15) is 11.6 Å². The molecule has 0 aliphatic carbocycles. The molecule has 162 valence electrons. The Hall–Kier alpha value is -3.39. The number of carbonyl (C=O) groups is 3. The summed E-state index contributed by atoms with van der Waals surface area (Å²) in [4.78, 5) is 37.8. The van der Waals surface area contributed by atoms with E-state index in [1.807, 2.05) is 6.92 Å². The van der Waals surface area contributed by atoms with Crippen molar-refractivity contribution in [3.8, 4) is 5.75 Å². The van der Waals surface area contributed by atoms with Crippen molar-refractivity contribution >= 4 is 46.5 Å². The number of nitrogen functional groups attached to an aromatic ring is 1. The highest BCUT2D eigenvalue weighted by molar-refractivity contribution is 6.36. The third kappa shape index (κ3) is 5.21. The number of nitrogens with one attached hydrogen (secondary N) is 2. The van der Waals surface area contributed by atoms with Crippen LogP contribution in [0.25, 0.3) is 0 Å². The Bertz CT molecular complexity index is 1020. The van der Waals surface area contributed by atoms with Gasteiger partial charge >= 0.3 is 0 Å². The van der Waals surface area contributed by atoms with Gasteiger partial charge in [-0.2, -0.15) is 0 Å². The summed E-state index contributed by atoms with van der Waals surface area (Å²) >= 11 is 6.28. The minimum Gasteiger partial charge on any atom is -0.481 e. The molecule has 1 aliphatic rings. The van der Waals surface area contributed by atoms with Crippen LogP contribution >= 0.6 is 11.6 Å². The molecule has 9 heteroatoms. The van der Waals surface area contributed by atoms with Crippen molar-refractivity contribution in [1.29, 1.82) is 5.41 Å². The molecule has 0 bridgehead atoms. The van der Waals surface area contributed by atoms with Crippen LogP contribution in [0.4, 0.5) is 11.4 Å². The summed E-state index contributed by atoms with van der Waals surface area (Å²) in [5.41, 5.74) is 6.73. The maximum absolute atomic E-state index is 12.8. The van der Waals surface area contributed by atoms with Crippen molar-refractivity contribution in [2.45, 2.75) is 38.7 Å². The Morgan fingerprint density at radius 1 is 1.23 bits per heavy atom. The van der Waals surface area contributed by atoms with E-state index in [4.69, 9.17) is 27.5 Å². The van der Waals surface area contributed by atoms with Gasteiger partial charge in [-0.15, -0.1) is 0 Å². The third-order valence-corrected chi connectivity index (χ3v) is 5.08. The lowest BCUT2D eigenvalue weighted by molar-refractivity contribution is -0.123. The number of ether oxygens (including phenoxy) is 1. The largest absolute Gasteiger partial charge is 0.481 e. The summed E-state index contributed by atoms with van der Waals surface area (Å²) in [5, 5.41) is 10.5. The number of hydrogen-bond donors (Lipinski definition) is 3. The van der Waals surface area contributed by atoms with E-state index in [9.17, 15) is 14.4 Å². The molecule has 1 unspecified atom stereocenters. The summed E-state index contributed by atoms with van der Waals surface area (Å²) in [6.45, 7) is 1.94. The lowest BCUT2D eigenvalue weighted by Crippen LogP contribution is -2.33. The molecule has 1 atom stereocenters. The zero-order valence-electron chi connectivity index (χ0n) is 17.0. The fraction of sp³-hybridized carbons (Fsp3) is 0.273. The molecular weight excluding hydrogens is 420 g/mol. The minimum absolute atomic E-state index is 0.0911. The standard InChI is InChI=1S/C22H23ClN4O4/c1-2-4-18(31-15-6-3-5-13(11-15)21(24)25)22(30)26-14-7-8-17(16(23)12-14)27-19(28)9-10-20(27)29/h3,5-8,11-12,18H,2,4,9-10H2,1H3,(H3,24,25)(H,26,30). The summed E-state index contributed by atoms with van der Waals surface area (Å²) in [6, 6.07) is 11.3. The second kappa shape index (κ2) is 9.61. The van der Waals surface area contributed by atoms with Crippen LogP contribution in [0.5, 0.6) is 5.75 Å². The van der Waals surface area contributed by atoms with E-state index in [1.165, 1.54) is 12.1 Å². The first-order valence-electron chi connectivity index (χ1n) is 9.87. The first kappa shape index (κ1) is 22.3. The molecule has 0 spiro atoms. The quantitative estimate of drug-likeness (QED) is 0.328. The Morgan fingerprint density at radius 3 is 2.55 bits per heavy atom. The number of rotatable bonds is 8. The number of anilines is 2. The van der Waals surface area contributed by atoms with E-state index < -0.39 is 6.10 Å². The number of halogens is 1. The summed E-state index contributed by atoms with van der Waals surface area (Å²) < 4.78 is 5.85. The van der Waals surface area contributed by atoms with Gasteiger partial charge in [0.2, 0.25) is 11.8 Å². The molecule has 2 aromatic rings. The normalized spacial score (nSPS) is 14.5. The number of hydrogen-bond acceptors (Lipinski definition) is 5. The predicted octanol–water partition coefficient (Wildman–Crippen LogP) is 3.46. The highest BCUT2D eigenvalue weighted by atomic mass is 35.5. The van der Waals surface area contributed by atoms with Crippen molar-refractivity contribution in [3.63, 3.8) is 0 Å². The zero-order valence-corrected chi connectivity index (χ0v) is 17.7. The van der Waals surface area contributed by atoms with E-state index in [1.54, 1.807) is 30.3 Å². The molecule has 1 heterocycles. The molecule has 8 nitrogen and oxygen atoms in total. The lowest BCUT2D eigenvalue weighted by Gasteiger charge is -2.20. The van der Waals surface area contributed by atoms with Gasteiger partial charge in [0.25, 0.3) is 5.91 Å². The monoisotopic (exact) mass is 442 g/mol. The number of imide groups is 1. The number of amides is 3. The second-order valence-corrected chi connectivity index (χ2v) is 7.52.